The van der Waals surface area contributed by atoms with E-state index in [4.69, 9.17) is 10.5 Å². The largest absolute Gasteiger partial charge is 0.376 e. The Balaban J connectivity index is 1.79. The first-order chi connectivity index (χ1) is 9.50. The van der Waals surface area contributed by atoms with Gasteiger partial charge in [-0.25, -0.2) is 17.5 Å². The van der Waals surface area contributed by atoms with Crippen LogP contribution in [-0.2, 0) is 14.8 Å². The molecule has 0 radical (unpaired) electrons. The molecule has 1 heterocycles. The smallest absolute Gasteiger partial charge is 0.243 e. The Morgan fingerprint density at radius 3 is 2.85 bits per heavy atom. The number of hydrogen-bond donors (Lipinski definition) is 2. The lowest BCUT2D eigenvalue weighted by atomic mass is 9.69. The molecule has 20 heavy (non-hydrogen) atoms. The van der Waals surface area contributed by atoms with Crippen LogP contribution >= 0.6 is 0 Å². The number of ether oxygens (including phenoxy) is 1. The van der Waals surface area contributed by atoms with E-state index in [1.165, 1.54) is 18.2 Å². The molecule has 1 aromatic rings. The highest BCUT2D eigenvalue weighted by molar-refractivity contribution is 7.89. The summed E-state index contributed by atoms with van der Waals surface area (Å²) in [6, 6.07) is 4.53. The van der Waals surface area contributed by atoms with Gasteiger partial charge in [0.25, 0.3) is 0 Å². The van der Waals surface area contributed by atoms with E-state index in [0.29, 0.717) is 6.61 Å². The van der Waals surface area contributed by atoms with Crippen LogP contribution < -0.4 is 10.5 Å². The van der Waals surface area contributed by atoms with Gasteiger partial charge in [0.1, 0.15) is 10.7 Å². The lowest BCUT2D eigenvalue weighted by Gasteiger charge is -2.52. The van der Waals surface area contributed by atoms with Gasteiger partial charge in [-0.3, -0.25) is 0 Å². The monoisotopic (exact) mass is 300 g/mol. The van der Waals surface area contributed by atoms with E-state index in [9.17, 15) is 12.8 Å². The molecule has 2 aliphatic rings. The van der Waals surface area contributed by atoms with Crippen LogP contribution in [0.2, 0.25) is 0 Å². The van der Waals surface area contributed by atoms with E-state index in [1.807, 2.05) is 0 Å². The Morgan fingerprint density at radius 1 is 1.35 bits per heavy atom. The fraction of sp³-hybridized carbons (Fsp3) is 0.538. The molecule has 3 rings (SSSR count). The predicted octanol–water partition coefficient (Wildman–Crippen LogP) is 0.609. The third kappa shape index (κ3) is 2.24. The van der Waals surface area contributed by atoms with E-state index in [1.54, 1.807) is 0 Å². The van der Waals surface area contributed by atoms with Crippen molar-refractivity contribution in [3.05, 3.63) is 30.1 Å². The average molecular weight is 300 g/mol. The van der Waals surface area contributed by atoms with Gasteiger partial charge in [0, 0.05) is 18.6 Å². The highest BCUT2D eigenvalue weighted by Gasteiger charge is 2.52. The maximum atomic E-state index is 13.6. The minimum atomic E-state index is -3.92. The van der Waals surface area contributed by atoms with Gasteiger partial charge >= 0.3 is 0 Å². The Bertz CT molecular complexity index is 607. The maximum Gasteiger partial charge on any atom is 0.243 e. The van der Waals surface area contributed by atoms with Crippen molar-refractivity contribution in [1.82, 2.24) is 4.72 Å². The van der Waals surface area contributed by atoms with Crippen LogP contribution in [-0.4, -0.2) is 33.2 Å². The summed E-state index contributed by atoms with van der Waals surface area (Å²) in [5.41, 5.74) is 6.00. The standard InChI is InChI=1S/C13H17FN2O3S/c14-9-5-1-2-6-10(9)20(17,18)16-12-11(15)8-4-3-7-19-13(8)12/h1-2,5-6,8,11-13,16H,3-4,7,15H2. The van der Waals surface area contributed by atoms with Crippen molar-refractivity contribution >= 4 is 10.0 Å². The molecule has 4 unspecified atom stereocenters. The van der Waals surface area contributed by atoms with E-state index >= 15 is 0 Å². The van der Waals surface area contributed by atoms with Crippen molar-refractivity contribution in [3.63, 3.8) is 0 Å². The zero-order valence-corrected chi connectivity index (χ0v) is 11.6. The molecule has 1 aromatic carbocycles. The Hall–Kier alpha value is -1.02. The van der Waals surface area contributed by atoms with Gasteiger partial charge in [0.15, 0.2) is 0 Å². The molecule has 4 atom stereocenters. The van der Waals surface area contributed by atoms with Gasteiger partial charge < -0.3 is 10.5 Å². The Labute approximate surface area is 117 Å². The van der Waals surface area contributed by atoms with Crippen LogP contribution in [0.25, 0.3) is 0 Å². The molecule has 2 fully saturated rings. The summed E-state index contributed by atoms with van der Waals surface area (Å²) in [4.78, 5) is -0.355. The van der Waals surface area contributed by atoms with E-state index in [0.717, 1.165) is 18.9 Å². The van der Waals surface area contributed by atoms with Crippen LogP contribution in [0.15, 0.2) is 29.2 Å². The first-order valence-electron chi connectivity index (χ1n) is 6.65. The number of halogens is 1. The first-order valence-corrected chi connectivity index (χ1v) is 8.13. The molecule has 1 aliphatic heterocycles. The molecular weight excluding hydrogens is 283 g/mol. The Morgan fingerprint density at radius 2 is 2.10 bits per heavy atom. The molecule has 0 bridgehead atoms. The number of rotatable bonds is 3. The summed E-state index contributed by atoms with van der Waals surface area (Å²) in [6.07, 6.45) is 1.70. The van der Waals surface area contributed by atoms with Crippen LogP contribution in [0.5, 0.6) is 0 Å². The SMILES string of the molecule is NC1C2CCCOC2C1NS(=O)(=O)c1ccccc1F. The minimum Gasteiger partial charge on any atom is -0.376 e. The number of fused-ring (bicyclic) bond motifs is 1. The molecule has 1 aliphatic carbocycles. The molecule has 3 N–H and O–H groups in total. The number of benzene rings is 1. The van der Waals surface area contributed by atoms with Crippen LogP contribution in [0.1, 0.15) is 12.8 Å². The quantitative estimate of drug-likeness (QED) is 0.857. The van der Waals surface area contributed by atoms with Crippen LogP contribution in [0.4, 0.5) is 4.39 Å². The molecule has 5 nitrogen and oxygen atoms in total. The molecule has 0 spiro atoms. The Kier molecular flexibility index (Phi) is 3.53. The zero-order valence-electron chi connectivity index (χ0n) is 10.8. The fourth-order valence-corrected chi connectivity index (χ4v) is 4.36. The molecular formula is C13H17FN2O3S. The van der Waals surface area contributed by atoms with E-state index < -0.39 is 21.9 Å². The van der Waals surface area contributed by atoms with Crippen LogP contribution in [0.3, 0.4) is 0 Å². The van der Waals surface area contributed by atoms with Gasteiger partial charge in [0.2, 0.25) is 10.0 Å². The molecule has 7 heteroatoms. The van der Waals surface area contributed by atoms with Crippen molar-refractivity contribution in [3.8, 4) is 0 Å². The summed E-state index contributed by atoms with van der Waals surface area (Å²) in [5.74, 6) is -0.578. The number of nitrogens with two attached hydrogens (primary N) is 1. The fourth-order valence-electron chi connectivity index (χ4n) is 3.00. The summed E-state index contributed by atoms with van der Waals surface area (Å²) in [6.45, 7) is 0.617. The lowest BCUT2D eigenvalue weighted by Crippen LogP contribution is -2.71. The molecule has 0 aromatic heterocycles. The number of sulfonamides is 1. The third-order valence-electron chi connectivity index (χ3n) is 4.09. The summed E-state index contributed by atoms with van der Waals surface area (Å²) in [7, 11) is -3.92. The summed E-state index contributed by atoms with van der Waals surface area (Å²) in [5, 5.41) is 0. The summed E-state index contributed by atoms with van der Waals surface area (Å²) >= 11 is 0. The van der Waals surface area contributed by atoms with E-state index in [2.05, 4.69) is 4.72 Å². The van der Waals surface area contributed by atoms with Gasteiger partial charge in [0.05, 0.1) is 12.1 Å². The van der Waals surface area contributed by atoms with Crippen molar-refractivity contribution < 1.29 is 17.5 Å². The van der Waals surface area contributed by atoms with Crippen molar-refractivity contribution in [2.24, 2.45) is 11.7 Å². The minimum absolute atomic E-state index is 0.192. The van der Waals surface area contributed by atoms with Crippen LogP contribution in [0, 0.1) is 11.7 Å². The topological polar surface area (TPSA) is 81.4 Å². The summed E-state index contributed by atoms with van der Waals surface area (Å²) < 4.78 is 46.1. The van der Waals surface area contributed by atoms with Gasteiger partial charge in [-0.2, -0.15) is 0 Å². The maximum absolute atomic E-state index is 13.6. The second kappa shape index (κ2) is 5.07. The average Bonchev–Trinajstić information content (AvgIpc) is 2.45. The van der Waals surface area contributed by atoms with Gasteiger partial charge in [-0.05, 0) is 25.0 Å². The third-order valence-corrected chi connectivity index (χ3v) is 5.59. The van der Waals surface area contributed by atoms with Crippen molar-refractivity contribution in [2.75, 3.05) is 6.61 Å². The van der Waals surface area contributed by atoms with Crippen molar-refractivity contribution in [1.29, 1.82) is 0 Å². The number of hydrogen-bond acceptors (Lipinski definition) is 4. The molecule has 1 saturated carbocycles. The second-order valence-corrected chi connectivity index (χ2v) is 6.98. The first kappa shape index (κ1) is 13.9. The number of nitrogens with one attached hydrogen (secondary N) is 1. The molecule has 110 valence electrons. The highest BCUT2D eigenvalue weighted by atomic mass is 32.2. The normalized spacial score (nSPS) is 33.3. The lowest BCUT2D eigenvalue weighted by molar-refractivity contribution is -0.114. The zero-order chi connectivity index (χ0) is 14.3. The highest BCUT2D eigenvalue weighted by Crippen LogP contribution is 2.37. The molecule has 0 amide bonds. The predicted molar refractivity (Wildman–Crippen MR) is 70.9 cm³/mol. The second-order valence-electron chi connectivity index (χ2n) is 5.30. The van der Waals surface area contributed by atoms with E-state index in [-0.39, 0.29) is 23.0 Å². The van der Waals surface area contributed by atoms with Gasteiger partial charge in [-0.1, -0.05) is 12.1 Å². The van der Waals surface area contributed by atoms with Gasteiger partial charge in [-0.15, -0.1) is 0 Å². The van der Waals surface area contributed by atoms with Crippen molar-refractivity contribution in [2.45, 2.75) is 35.9 Å². The molecule has 1 saturated heterocycles.